The molecule has 12 nitrogen and oxygen atoms in total. The van der Waals surface area contributed by atoms with E-state index in [0.717, 1.165) is 29.6 Å². The zero-order valence-electron chi connectivity index (χ0n) is 21.7. The third kappa shape index (κ3) is 5.08. The molecule has 0 bridgehead atoms. The van der Waals surface area contributed by atoms with Gasteiger partial charge in [0, 0.05) is 30.8 Å². The largest absolute Gasteiger partial charge is 0.366 e. The first-order valence-corrected chi connectivity index (χ1v) is 12.7. The van der Waals surface area contributed by atoms with E-state index in [0.29, 0.717) is 53.4 Å². The summed E-state index contributed by atoms with van der Waals surface area (Å²) in [5.74, 6) is -0.969. The van der Waals surface area contributed by atoms with E-state index in [1.54, 1.807) is 47.4 Å². The number of rotatable bonds is 10. The fraction of sp³-hybridized carbons (Fsp3) is 0.259. The summed E-state index contributed by atoms with van der Waals surface area (Å²) in [6.07, 6.45) is 3.34. The Hall–Kier alpha value is -5.00. The van der Waals surface area contributed by atoms with Crippen LogP contribution in [0.1, 0.15) is 56.7 Å². The second kappa shape index (κ2) is 10.4. The summed E-state index contributed by atoms with van der Waals surface area (Å²) in [5, 5.41) is 7.28. The Morgan fingerprint density at radius 1 is 0.897 bits per heavy atom. The van der Waals surface area contributed by atoms with E-state index >= 15 is 0 Å². The van der Waals surface area contributed by atoms with Crippen LogP contribution >= 0.6 is 0 Å². The molecule has 3 amide bonds. The lowest BCUT2D eigenvalue weighted by atomic mass is 10.2. The third-order valence-electron chi connectivity index (χ3n) is 6.63. The number of primary amides is 2. The number of carbonyl (C=O) groups excluding carboxylic acids is 3. The highest BCUT2D eigenvalue weighted by molar-refractivity contribution is 6.03. The topological polar surface area (TPSA) is 169 Å². The number of hydrogen-bond donors (Lipinski definition) is 3. The van der Waals surface area contributed by atoms with Crippen LogP contribution in [0.25, 0.3) is 22.1 Å². The van der Waals surface area contributed by atoms with Crippen LogP contribution in [0.15, 0.2) is 48.8 Å². The molecule has 39 heavy (non-hydrogen) atoms. The number of imidazole rings is 2. The molecule has 0 spiro atoms. The summed E-state index contributed by atoms with van der Waals surface area (Å²) in [7, 11) is 0. The Labute approximate surface area is 223 Å². The molecule has 0 aliphatic carbocycles. The SMILES string of the molecule is CCn1nc(C)cc1C(=O)Nc1nc2cc(C(N)=O)ccc2n1CCCCn1cnc2cc(C(N)=O)ccc21. The number of nitrogens with zero attached hydrogens (tertiary/aromatic N) is 6. The fourth-order valence-electron chi connectivity index (χ4n) is 4.69. The van der Waals surface area contributed by atoms with Crippen molar-refractivity contribution in [1.82, 2.24) is 28.9 Å². The summed E-state index contributed by atoms with van der Waals surface area (Å²) in [6.45, 7) is 5.60. The number of amides is 3. The fourth-order valence-corrected chi connectivity index (χ4v) is 4.69. The smallest absolute Gasteiger partial charge is 0.276 e. The highest BCUT2D eigenvalue weighted by Gasteiger charge is 2.19. The predicted molar refractivity (Wildman–Crippen MR) is 146 cm³/mol. The van der Waals surface area contributed by atoms with Gasteiger partial charge in [0.2, 0.25) is 17.8 Å². The van der Waals surface area contributed by atoms with Gasteiger partial charge in [-0.25, -0.2) is 9.97 Å². The molecule has 0 saturated carbocycles. The van der Waals surface area contributed by atoms with Crippen LogP contribution in [0.2, 0.25) is 0 Å². The van der Waals surface area contributed by atoms with E-state index in [-0.39, 0.29) is 5.91 Å². The summed E-state index contributed by atoms with van der Waals surface area (Å²) >= 11 is 0. The van der Waals surface area contributed by atoms with Gasteiger partial charge in [-0.1, -0.05) is 0 Å². The van der Waals surface area contributed by atoms with Gasteiger partial charge in [0.15, 0.2) is 0 Å². The molecule has 3 aromatic heterocycles. The number of hydrogen-bond acceptors (Lipinski definition) is 6. The minimum Gasteiger partial charge on any atom is -0.366 e. The second-order valence-electron chi connectivity index (χ2n) is 9.31. The van der Waals surface area contributed by atoms with Gasteiger partial charge in [0.1, 0.15) is 5.69 Å². The van der Waals surface area contributed by atoms with Crippen molar-refractivity contribution < 1.29 is 14.4 Å². The predicted octanol–water partition coefficient (Wildman–Crippen LogP) is 2.84. The van der Waals surface area contributed by atoms with Crippen LogP contribution in [0.5, 0.6) is 0 Å². The summed E-state index contributed by atoms with van der Waals surface area (Å²) in [4.78, 5) is 45.3. The van der Waals surface area contributed by atoms with Crippen LogP contribution < -0.4 is 16.8 Å². The minimum absolute atomic E-state index is 0.315. The van der Waals surface area contributed by atoms with Crippen molar-refractivity contribution in [1.29, 1.82) is 0 Å². The first-order valence-electron chi connectivity index (χ1n) is 12.7. The van der Waals surface area contributed by atoms with Crippen molar-refractivity contribution in [3.05, 3.63) is 71.3 Å². The van der Waals surface area contributed by atoms with Crippen LogP contribution in [0, 0.1) is 6.92 Å². The average Bonchev–Trinajstić information content (AvgIpc) is 3.60. The zero-order valence-corrected chi connectivity index (χ0v) is 21.7. The van der Waals surface area contributed by atoms with Crippen molar-refractivity contribution in [2.45, 2.75) is 46.3 Å². The van der Waals surface area contributed by atoms with Crippen molar-refractivity contribution in [2.75, 3.05) is 5.32 Å². The first-order chi connectivity index (χ1) is 18.7. The van der Waals surface area contributed by atoms with Gasteiger partial charge in [0.25, 0.3) is 5.91 Å². The zero-order chi connectivity index (χ0) is 27.7. The maximum Gasteiger partial charge on any atom is 0.276 e. The van der Waals surface area contributed by atoms with Crippen LogP contribution in [-0.2, 0) is 19.6 Å². The van der Waals surface area contributed by atoms with Gasteiger partial charge < -0.3 is 20.6 Å². The Bertz CT molecular complexity index is 1730. The van der Waals surface area contributed by atoms with Gasteiger partial charge >= 0.3 is 0 Å². The third-order valence-corrected chi connectivity index (χ3v) is 6.63. The Kier molecular flexibility index (Phi) is 6.84. The molecule has 200 valence electrons. The van der Waals surface area contributed by atoms with Gasteiger partial charge in [-0.3, -0.25) is 24.4 Å². The maximum absolute atomic E-state index is 13.1. The Morgan fingerprint density at radius 2 is 1.56 bits per heavy atom. The molecule has 0 aliphatic heterocycles. The van der Waals surface area contributed by atoms with E-state index in [4.69, 9.17) is 11.5 Å². The minimum atomic E-state index is -0.546. The molecular formula is C27H29N9O3. The average molecular weight is 528 g/mol. The lowest BCUT2D eigenvalue weighted by molar-refractivity contribution is 0.0992. The normalized spacial score (nSPS) is 11.3. The standard InChI is InChI=1S/C27H29N9O3/c1-3-36-23(12-16(2)33-36)26(39)32-27-31-20-14-18(25(29)38)7-9-22(20)35(27)11-5-4-10-34-15-30-19-13-17(24(28)37)6-8-21(19)34/h6-9,12-15H,3-5,10-11H2,1-2H3,(H2,28,37)(H2,29,38)(H,31,32,39). The monoisotopic (exact) mass is 527 g/mol. The second-order valence-corrected chi connectivity index (χ2v) is 9.31. The number of nitrogens with two attached hydrogens (primary N) is 2. The number of aryl methyl sites for hydroxylation is 4. The molecule has 0 saturated heterocycles. The number of nitrogens with one attached hydrogen (secondary N) is 1. The molecule has 5 aromatic rings. The summed E-state index contributed by atoms with van der Waals surface area (Å²) in [5.41, 5.74) is 15.8. The molecule has 0 aliphatic rings. The molecule has 5 N–H and O–H groups in total. The highest BCUT2D eigenvalue weighted by atomic mass is 16.2. The number of carbonyl (C=O) groups is 3. The van der Waals surface area contributed by atoms with Gasteiger partial charge in [-0.15, -0.1) is 0 Å². The van der Waals surface area contributed by atoms with E-state index < -0.39 is 11.8 Å². The number of unbranched alkanes of at least 4 members (excludes halogenated alkanes) is 1. The molecule has 0 atom stereocenters. The van der Waals surface area contributed by atoms with E-state index in [2.05, 4.69) is 20.4 Å². The van der Waals surface area contributed by atoms with Crippen molar-refractivity contribution >= 4 is 45.7 Å². The molecule has 0 unspecified atom stereocenters. The molecule has 5 rings (SSSR count). The van der Waals surface area contributed by atoms with Crippen LogP contribution in [-0.4, -0.2) is 46.6 Å². The summed E-state index contributed by atoms with van der Waals surface area (Å²) < 4.78 is 5.61. The van der Waals surface area contributed by atoms with E-state index in [1.807, 2.05) is 29.0 Å². The number of benzene rings is 2. The quantitative estimate of drug-likeness (QED) is 0.236. The van der Waals surface area contributed by atoms with Crippen molar-refractivity contribution in [3.63, 3.8) is 0 Å². The van der Waals surface area contributed by atoms with Crippen molar-refractivity contribution in [3.8, 4) is 0 Å². The molecule has 0 radical (unpaired) electrons. The lowest BCUT2D eigenvalue weighted by Gasteiger charge is -2.11. The van der Waals surface area contributed by atoms with Gasteiger partial charge in [-0.05, 0) is 69.2 Å². The van der Waals surface area contributed by atoms with Crippen LogP contribution in [0.3, 0.4) is 0 Å². The van der Waals surface area contributed by atoms with Gasteiger partial charge in [-0.2, -0.15) is 5.10 Å². The number of fused-ring (bicyclic) bond motifs is 2. The van der Waals surface area contributed by atoms with E-state index in [1.165, 1.54) is 0 Å². The van der Waals surface area contributed by atoms with Crippen molar-refractivity contribution in [2.24, 2.45) is 11.5 Å². The first kappa shape index (κ1) is 25.6. The number of aromatic nitrogens is 6. The Morgan fingerprint density at radius 3 is 2.26 bits per heavy atom. The number of anilines is 1. The molecule has 3 heterocycles. The lowest BCUT2D eigenvalue weighted by Crippen LogP contribution is -2.20. The maximum atomic E-state index is 13.1. The molecule has 0 fully saturated rings. The van der Waals surface area contributed by atoms with E-state index in [9.17, 15) is 14.4 Å². The Balaban J connectivity index is 1.36. The van der Waals surface area contributed by atoms with Crippen LogP contribution in [0.4, 0.5) is 5.95 Å². The molecular weight excluding hydrogens is 498 g/mol. The molecule has 12 heteroatoms. The summed E-state index contributed by atoms with van der Waals surface area (Å²) in [6, 6.07) is 12.0. The highest BCUT2D eigenvalue weighted by Crippen LogP contribution is 2.23. The van der Waals surface area contributed by atoms with Gasteiger partial charge in [0.05, 0.1) is 34.1 Å². The molecule has 2 aromatic carbocycles.